The van der Waals surface area contributed by atoms with Gasteiger partial charge in [-0.15, -0.1) is 0 Å². The monoisotopic (exact) mass is 311 g/mol. The smallest absolute Gasteiger partial charge is 0.232 e. The lowest BCUT2D eigenvalue weighted by molar-refractivity contribution is 0.393. The van der Waals surface area contributed by atoms with Gasteiger partial charge in [0, 0.05) is 13.1 Å². The number of ether oxygens (including phenoxy) is 1. The molecule has 3 rings (SSSR count). The minimum absolute atomic E-state index is 0.622. The van der Waals surface area contributed by atoms with E-state index in [2.05, 4.69) is 30.8 Å². The van der Waals surface area contributed by atoms with E-state index in [4.69, 9.17) is 4.74 Å². The van der Waals surface area contributed by atoms with Crippen molar-refractivity contribution < 1.29 is 4.74 Å². The molecule has 2 aliphatic rings. The predicted octanol–water partition coefficient (Wildman–Crippen LogP) is 2.87. The fourth-order valence-electron chi connectivity index (χ4n) is 2.10. The summed E-state index contributed by atoms with van der Waals surface area (Å²) in [5, 5.41) is 0. The van der Waals surface area contributed by atoms with Gasteiger partial charge in [-0.1, -0.05) is 0 Å². The summed E-state index contributed by atoms with van der Waals surface area (Å²) in [5.41, 5.74) is 0. The Kier molecular flexibility index (Phi) is 3.41. The lowest BCUT2D eigenvalue weighted by atomic mass is 10.3. The minimum atomic E-state index is 0.622. The van der Waals surface area contributed by atoms with Crippen LogP contribution < -0.4 is 9.64 Å². The third-order valence-corrected chi connectivity index (χ3v) is 4.07. The summed E-state index contributed by atoms with van der Waals surface area (Å²) in [4.78, 5) is 11.3. The maximum atomic E-state index is 5.25. The minimum Gasteiger partial charge on any atom is -0.480 e. The number of hydrogen-bond acceptors (Lipinski definition) is 4. The molecule has 0 bridgehead atoms. The number of methoxy groups -OCH3 is 1. The van der Waals surface area contributed by atoms with Gasteiger partial charge in [0.15, 0.2) is 0 Å². The third kappa shape index (κ3) is 2.94. The van der Waals surface area contributed by atoms with Gasteiger partial charge in [0.2, 0.25) is 11.8 Å². The third-order valence-electron chi connectivity index (χ3n) is 3.53. The van der Waals surface area contributed by atoms with E-state index in [9.17, 15) is 0 Å². The van der Waals surface area contributed by atoms with Gasteiger partial charge in [0.25, 0.3) is 0 Å². The van der Waals surface area contributed by atoms with Crippen LogP contribution in [0.3, 0.4) is 0 Å². The van der Waals surface area contributed by atoms with E-state index < -0.39 is 0 Å². The van der Waals surface area contributed by atoms with Crippen molar-refractivity contribution in [3.8, 4) is 5.88 Å². The number of halogens is 1. The predicted molar refractivity (Wildman–Crippen MR) is 73.9 cm³/mol. The summed E-state index contributed by atoms with van der Waals surface area (Å²) >= 11 is 3.40. The first-order valence-electron chi connectivity index (χ1n) is 6.57. The molecule has 0 N–H and O–H groups in total. The molecular formula is C13H18BrN3O. The number of hydrogen-bond donors (Lipinski definition) is 0. The van der Waals surface area contributed by atoms with Crippen LogP contribution in [-0.4, -0.2) is 30.2 Å². The summed E-state index contributed by atoms with van der Waals surface area (Å²) in [7, 11) is 1.64. The molecule has 0 unspecified atom stereocenters. The Morgan fingerprint density at radius 2 is 1.89 bits per heavy atom. The first-order chi connectivity index (χ1) is 8.76. The maximum Gasteiger partial charge on any atom is 0.232 e. The van der Waals surface area contributed by atoms with Gasteiger partial charge >= 0.3 is 0 Å². The van der Waals surface area contributed by atoms with E-state index >= 15 is 0 Å². The van der Waals surface area contributed by atoms with E-state index in [1.54, 1.807) is 13.3 Å². The average molecular weight is 312 g/mol. The molecule has 0 amide bonds. The van der Waals surface area contributed by atoms with Crippen LogP contribution in [0.4, 0.5) is 5.95 Å². The first-order valence-corrected chi connectivity index (χ1v) is 7.37. The normalized spacial score (nSPS) is 18.8. The second kappa shape index (κ2) is 5.03. The molecule has 4 nitrogen and oxygen atoms in total. The second-order valence-corrected chi connectivity index (χ2v) is 6.17. The van der Waals surface area contributed by atoms with Crippen LogP contribution in [0.2, 0.25) is 0 Å². The molecule has 2 aliphatic carbocycles. The molecule has 0 aliphatic heterocycles. The highest BCUT2D eigenvalue weighted by molar-refractivity contribution is 9.10. The van der Waals surface area contributed by atoms with Crippen LogP contribution in [-0.2, 0) is 0 Å². The van der Waals surface area contributed by atoms with Crippen LogP contribution >= 0.6 is 15.9 Å². The molecule has 5 heteroatoms. The maximum absolute atomic E-state index is 5.25. The van der Waals surface area contributed by atoms with E-state index in [0.29, 0.717) is 5.88 Å². The van der Waals surface area contributed by atoms with Crippen LogP contribution in [0.15, 0.2) is 10.7 Å². The summed E-state index contributed by atoms with van der Waals surface area (Å²) in [6.45, 7) is 2.20. The van der Waals surface area contributed by atoms with Gasteiger partial charge in [-0.25, -0.2) is 4.98 Å². The molecule has 18 heavy (non-hydrogen) atoms. The molecule has 1 aromatic rings. The zero-order chi connectivity index (χ0) is 12.5. The van der Waals surface area contributed by atoms with Crippen LogP contribution in [0.25, 0.3) is 0 Å². The number of rotatable bonds is 6. The summed E-state index contributed by atoms with van der Waals surface area (Å²) < 4.78 is 6.06. The van der Waals surface area contributed by atoms with Crippen molar-refractivity contribution in [2.75, 3.05) is 25.1 Å². The zero-order valence-corrected chi connectivity index (χ0v) is 12.2. The molecular weight excluding hydrogens is 294 g/mol. The van der Waals surface area contributed by atoms with E-state index in [-0.39, 0.29) is 0 Å². The molecule has 2 fully saturated rings. The Bertz CT molecular complexity index is 418. The van der Waals surface area contributed by atoms with Crippen molar-refractivity contribution in [1.82, 2.24) is 9.97 Å². The SMILES string of the molecule is COc1nc(N(CC2CC2)CC2CC2)ncc1Br. The van der Waals surface area contributed by atoms with E-state index in [0.717, 1.165) is 35.3 Å². The lowest BCUT2D eigenvalue weighted by Gasteiger charge is -2.22. The highest BCUT2D eigenvalue weighted by Gasteiger charge is 2.30. The molecule has 0 saturated heterocycles. The van der Waals surface area contributed by atoms with Crippen molar-refractivity contribution in [3.05, 3.63) is 10.7 Å². The summed E-state index contributed by atoms with van der Waals surface area (Å²) in [6.07, 6.45) is 7.21. The summed E-state index contributed by atoms with van der Waals surface area (Å²) in [6, 6.07) is 0. The van der Waals surface area contributed by atoms with Crippen molar-refractivity contribution in [2.24, 2.45) is 11.8 Å². The largest absolute Gasteiger partial charge is 0.480 e. The molecule has 0 radical (unpaired) electrons. The van der Waals surface area contributed by atoms with Crippen LogP contribution in [0, 0.1) is 11.8 Å². The van der Waals surface area contributed by atoms with Gasteiger partial charge < -0.3 is 9.64 Å². The van der Waals surface area contributed by atoms with E-state index in [1.165, 1.54) is 25.7 Å². The molecule has 98 valence electrons. The Hall–Kier alpha value is -0.840. The Morgan fingerprint density at radius 1 is 1.28 bits per heavy atom. The first kappa shape index (κ1) is 12.2. The second-order valence-electron chi connectivity index (χ2n) is 5.32. The molecule has 2 saturated carbocycles. The van der Waals surface area contributed by atoms with Crippen LogP contribution in [0.1, 0.15) is 25.7 Å². The Morgan fingerprint density at radius 3 is 2.39 bits per heavy atom. The number of anilines is 1. The van der Waals surface area contributed by atoms with Crippen molar-refractivity contribution in [1.29, 1.82) is 0 Å². The zero-order valence-electron chi connectivity index (χ0n) is 10.6. The lowest BCUT2D eigenvalue weighted by Crippen LogP contribution is -2.29. The van der Waals surface area contributed by atoms with Gasteiger partial charge in [-0.05, 0) is 53.4 Å². The summed E-state index contributed by atoms with van der Waals surface area (Å²) in [5.74, 6) is 3.13. The number of aromatic nitrogens is 2. The Labute approximate surface area is 116 Å². The van der Waals surface area contributed by atoms with Crippen molar-refractivity contribution in [3.63, 3.8) is 0 Å². The van der Waals surface area contributed by atoms with Crippen LogP contribution in [0.5, 0.6) is 5.88 Å². The van der Waals surface area contributed by atoms with Crippen molar-refractivity contribution in [2.45, 2.75) is 25.7 Å². The van der Waals surface area contributed by atoms with Gasteiger partial charge in [-0.3, -0.25) is 0 Å². The fourth-order valence-corrected chi connectivity index (χ4v) is 2.45. The molecule has 1 heterocycles. The van der Waals surface area contributed by atoms with Crippen molar-refractivity contribution >= 4 is 21.9 Å². The molecule has 0 spiro atoms. The molecule has 0 atom stereocenters. The average Bonchev–Trinajstić information content (AvgIpc) is 3.24. The Balaban J connectivity index is 1.77. The number of nitrogens with zero attached hydrogens (tertiary/aromatic N) is 3. The van der Waals surface area contributed by atoms with E-state index in [1.807, 2.05) is 0 Å². The standard InChI is InChI=1S/C13H18BrN3O/c1-18-12-11(14)6-15-13(16-12)17(7-9-2-3-9)8-10-4-5-10/h6,9-10H,2-5,7-8H2,1H3. The highest BCUT2D eigenvalue weighted by Crippen LogP contribution is 2.35. The quantitative estimate of drug-likeness (QED) is 0.809. The van der Waals surface area contributed by atoms with Gasteiger partial charge in [-0.2, -0.15) is 4.98 Å². The van der Waals surface area contributed by atoms with Gasteiger partial charge in [0.05, 0.1) is 17.8 Å². The van der Waals surface area contributed by atoms with Gasteiger partial charge in [0.1, 0.15) is 0 Å². The highest BCUT2D eigenvalue weighted by atomic mass is 79.9. The molecule has 0 aromatic carbocycles. The molecule has 1 aromatic heterocycles. The fraction of sp³-hybridized carbons (Fsp3) is 0.692. The topological polar surface area (TPSA) is 38.2 Å².